The highest BCUT2D eigenvalue weighted by atomic mass is 32.1. The van der Waals surface area contributed by atoms with E-state index in [-0.39, 0.29) is 17.4 Å². The highest BCUT2D eigenvalue weighted by Gasteiger charge is 2.24. The van der Waals surface area contributed by atoms with E-state index in [0.29, 0.717) is 13.1 Å². The molecule has 5 nitrogen and oxygen atoms in total. The molecule has 0 radical (unpaired) electrons. The zero-order valence-corrected chi connectivity index (χ0v) is 16.0. The van der Waals surface area contributed by atoms with Crippen molar-refractivity contribution in [3.63, 3.8) is 0 Å². The Morgan fingerprint density at radius 3 is 2.15 bits per heavy atom. The number of benzene rings is 1. The van der Waals surface area contributed by atoms with Crippen LogP contribution in [-0.4, -0.2) is 25.7 Å². The van der Waals surface area contributed by atoms with Gasteiger partial charge in [-0.05, 0) is 35.0 Å². The number of hydrogen-bond acceptors (Lipinski definition) is 5. The third-order valence-electron chi connectivity index (χ3n) is 4.06. The first-order chi connectivity index (χ1) is 13.2. The van der Waals surface area contributed by atoms with Gasteiger partial charge in [-0.15, -0.1) is 22.7 Å². The van der Waals surface area contributed by atoms with E-state index in [1.54, 1.807) is 27.6 Å². The maximum Gasteiger partial charge on any atom is 0.278 e. The second-order valence-corrected chi connectivity index (χ2v) is 8.03. The molecule has 1 N–H and O–H groups in total. The molecule has 0 atom stereocenters. The summed E-state index contributed by atoms with van der Waals surface area (Å²) in [7, 11) is 0. The van der Waals surface area contributed by atoms with Gasteiger partial charge < -0.3 is 10.0 Å². The van der Waals surface area contributed by atoms with Crippen LogP contribution in [-0.2, 0) is 13.1 Å². The molecule has 3 aromatic heterocycles. The van der Waals surface area contributed by atoms with Gasteiger partial charge in [0.1, 0.15) is 0 Å². The number of para-hydroxylation sites is 1. The minimum Gasteiger partial charge on any atom is -0.504 e. The Morgan fingerprint density at radius 1 is 0.963 bits per heavy atom. The molecule has 3 heterocycles. The summed E-state index contributed by atoms with van der Waals surface area (Å²) >= 11 is 3.21. The quantitative estimate of drug-likeness (QED) is 0.521. The number of carbonyl (C=O) groups excluding carboxylic acids is 1. The van der Waals surface area contributed by atoms with Gasteiger partial charge in [0, 0.05) is 9.75 Å². The number of nitrogens with zero attached hydrogens (tertiary/aromatic N) is 3. The van der Waals surface area contributed by atoms with E-state index in [0.717, 1.165) is 15.4 Å². The Kier molecular flexibility index (Phi) is 5.04. The smallest absolute Gasteiger partial charge is 0.278 e. The molecule has 0 aliphatic rings. The van der Waals surface area contributed by atoms with Crippen LogP contribution in [0.25, 0.3) is 5.69 Å². The van der Waals surface area contributed by atoms with Crippen LogP contribution in [0.15, 0.2) is 71.6 Å². The Balaban J connectivity index is 1.63. The first kappa shape index (κ1) is 17.5. The molecule has 0 bridgehead atoms. The summed E-state index contributed by atoms with van der Waals surface area (Å²) in [5, 5.41) is 18.7. The Morgan fingerprint density at radius 2 is 1.59 bits per heavy atom. The number of aromatic hydroxyl groups is 1. The molecule has 0 fully saturated rings. The molecule has 1 amide bonds. The zero-order chi connectivity index (χ0) is 18.6. The molecule has 4 rings (SSSR count). The fourth-order valence-corrected chi connectivity index (χ4v) is 4.20. The largest absolute Gasteiger partial charge is 0.504 e. The van der Waals surface area contributed by atoms with Crippen LogP contribution in [0, 0.1) is 0 Å². The SMILES string of the molecule is O=C(c1nn(-c2ccccc2)cc1O)N(Cc1cccs1)Cc1cccs1. The third-order valence-corrected chi connectivity index (χ3v) is 5.78. The summed E-state index contributed by atoms with van der Waals surface area (Å²) < 4.78 is 1.52. The standard InChI is InChI=1S/C20H17N3O2S2/c24-18-14-23(15-6-2-1-3-7-15)21-19(18)20(25)22(12-16-8-4-10-26-16)13-17-9-5-11-27-17/h1-11,14,24H,12-13H2. The zero-order valence-electron chi connectivity index (χ0n) is 14.4. The second-order valence-electron chi connectivity index (χ2n) is 5.96. The maximum atomic E-state index is 13.2. The van der Waals surface area contributed by atoms with Gasteiger partial charge in [0.25, 0.3) is 5.91 Å². The third kappa shape index (κ3) is 3.94. The molecule has 0 saturated heterocycles. The van der Waals surface area contributed by atoms with Crippen LogP contribution in [0.2, 0.25) is 0 Å². The molecule has 4 aromatic rings. The van der Waals surface area contributed by atoms with E-state index in [4.69, 9.17) is 0 Å². The molecule has 1 aromatic carbocycles. The van der Waals surface area contributed by atoms with E-state index >= 15 is 0 Å². The number of rotatable bonds is 6. The summed E-state index contributed by atoms with van der Waals surface area (Å²) in [6.07, 6.45) is 1.47. The Bertz CT molecular complexity index is 973. The molecule has 0 saturated carbocycles. The van der Waals surface area contributed by atoms with E-state index in [9.17, 15) is 9.90 Å². The minimum absolute atomic E-state index is 0.0620. The molecular formula is C20H17N3O2S2. The Labute approximate surface area is 164 Å². The molecule has 0 aliphatic heterocycles. The van der Waals surface area contributed by atoms with Crippen molar-refractivity contribution in [2.24, 2.45) is 0 Å². The monoisotopic (exact) mass is 395 g/mol. The van der Waals surface area contributed by atoms with Crippen molar-refractivity contribution in [1.29, 1.82) is 0 Å². The van der Waals surface area contributed by atoms with Crippen molar-refractivity contribution in [3.8, 4) is 11.4 Å². The minimum atomic E-state index is -0.288. The molecule has 0 aliphatic carbocycles. The maximum absolute atomic E-state index is 13.2. The first-order valence-corrected chi connectivity index (χ1v) is 10.1. The lowest BCUT2D eigenvalue weighted by Crippen LogP contribution is -2.30. The predicted octanol–water partition coefficient (Wildman–Crippen LogP) is 4.54. The van der Waals surface area contributed by atoms with Crippen LogP contribution in [0.4, 0.5) is 0 Å². The summed E-state index contributed by atoms with van der Waals surface area (Å²) in [6.45, 7) is 0.956. The lowest BCUT2D eigenvalue weighted by Gasteiger charge is -2.20. The second kappa shape index (κ2) is 7.77. The first-order valence-electron chi connectivity index (χ1n) is 8.39. The molecule has 0 spiro atoms. The van der Waals surface area contributed by atoms with Gasteiger partial charge in [0.05, 0.1) is 25.0 Å². The van der Waals surface area contributed by atoms with Gasteiger partial charge in [0.2, 0.25) is 0 Å². The van der Waals surface area contributed by atoms with Crippen molar-refractivity contribution in [1.82, 2.24) is 14.7 Å². The predicted molar refractivity (Wildman–Crippen MR) is 107 cm³/mol. The van der Waals surface area contributed by atoms with Gasteiger partial charge in [-0.3, -0.25) is 4.79 Å². The topological polar surface area (TPSA) is 58.4 Å². The Hall–Kier alpha value is -2.90. The van der Waals surface area contributed by atoms with Crippen LogP contribution in [0.5, 0.6) is 5.75 Å². The number of thiophene rings is 2. The van der Waals surface area contributed by atoms with Crippen molar-refractivity contribution in [2.75, 3.05) is 0 Å². The summed E-state index contributed by atoms with van der Waals surface area (Å²) in [4.78, 5) is 17.0. The highest BCUT2D eigenvalue weighted by Crippen LogP contribution is 2.24. The summed E-state index contributed by atoms with van der Waals surface area (Å²) in [6, 6.07) is 17.4. The van der Waals surface area contributed by atoms with Crippen LogP contribution in [0.3, 0.4) is 0 Å². The highest BCUT2D eigenvalue weighted by molar-refractivity contribution is 7.10. The summed E-state index contributed by atoms with van der Waals surface area (Å²) in [5.41, 5.74) is 0.849. The van der Waals surface area contributed by atoms with Gasteiger partial charge in [-0.2, -0.15) is 5.10 Å². The summed E-state index contributed by atoms with van der Waals surface area (Å²) in [5.74, 6) is -0.407. The van der Waals surface area contributed by atoms with E-state index < -0.39 is 0 Å². The average Bonchev–Trinajstić information content (AvgIpc) is 3.44. The van der Waals surface area contributed by atoms with E-state index in [1.807, 2.05) is 65.4 Å². The van der Waals surface area contributed by atoms with Gasteiger partial charge >= 0.3 is 0 Å². The lowest BCUT2D eigenvalue weighted by molar-refractivity contribution is 0.0724. The fourth-order valence-electron chi connectivity index (χ4n) is 2.76. The van der Waals surface area contributed by atoms with E-state index in [1.165, 1.54) is 10.9 Å². The van der Waals surface area contributed by atoms with Crippen molar-refractivity contribution >= 4 is 28.6 Å². The lowest BCUT2D eigenvalue weighted by atomic mass is 10.3. The van der Waals surface area contributed by atoms with Gasteiger partial charge in [-0.1, -0.05) is 30.3 Å². The number of amides is 1. The fraction of sp³-hybridized carbons (Fsp3) is 0.100. The van der Waals surface area contributed by atoms with E-state index in [2.05, 4.69) is 5.10 Å². The van der Waals surface area contributed by atoms with Crippen molar-refractivity contribution < 1.29 is 9.90 Å². The van der Waals surface area contributed by atoms with Crippen molar-refractivity contribution in [2.45, 2.75) is 13.1 Å². The normalized spacial score (nSPS) is 10.8. The van der Waals surface area contributed by atoms with Crippen molar-refractivity contribution in [3.05, 3.63) is 87.0 Å². The van der Waals surface area contributed by atoms with Crippen LogP contribution < -0.4 is 0 Å². The number of aromatic nitrogens is 2. The number of carbonyl (C=O) groups is 1. The molecule has 7 heteroatoms. The molecule has 136 valence electrons. The average molecular weight is 396 g/mol. The van der Waals surface area contributed by atoms with Gasteiger partial charge in [-0.25, -0.2) is 4.68 Å². The van der Waals surface area contributed by atoms with Gasteiger partial charge in [0.15, 0.2) is 11.4 Å². The number of hydrogen-bond donors (Lipinski definition) is 1. The molecule has 27 heavy (non-hydrogen) atoms. The molecule has 0 unspecified atom stereocenters. The molecular weight excluding hydrogens is 378 g/mol. The van der Waals surface area contributed by atoms with Crippen LogP contribution in [0.1, 0.15) is 20.2 Å². The van der Waals surface area contributed by atoms with Crippen LogP contribution >= 0.6 is 22.7 Å².